The molecule has 1 N–H and O–H groups in total. The van der Waals surface area contributed by atoms with E-state index in [1.165, 1.54) is 0 Å². The molecule has 0 aliphatic rings. The van der Waals surface area contributed by atoms with Gasteiger partial charge in [0, 0.05) is 11.8 Å². The van der Waals surface area contributed by atoms with Gasteiger partial charge in [0.1, 0.15) is 17.1 Å². The van der Waals surface area contributed by atoms with Crippen LogP contribution in [0, 0.1) is 13.8 Å². The highest BCUT2D eigenvalue weighted by molar-refractivity contribution is 5.93. The van der Waals surface area contributed by atoms with Crippen LogP contribution in [-0.4, -0.2) is 12.5 Å². The number of rotatable bonds is 6. The lowest BCUT2D eigenvalue weighted by atomic mass is 10.0. The molecule has 0 saturated carbocycles. The third kappa shape index (κ3) is 4.28. The summed E-state index contributed by atoms with van der Waals surface area (Å²) in [6.07, 6.45) is 0.826. The fraction of sp³-hybridized carbons (Fsp3) is 0.185. The SMILES string of the molecule is CCc1cccc(C)c1NC(=O)COc1ccc2c(=O)c(-c3ccccc3)c(C)oc2c1. The molecule has 0 aliphatic heterocycles. The molecule has 4 rings (SSSR count). The Kier molecular flexibility index (Phi) is 6.08. The van der Waals surface area contributed by atoms with Crippen molar-refractivity contribution in [1.29, 1.82) is 0 Å². The summed E-state index contributed by atoms with van der Waals surface area (Å²) in [5.41, 5.74) is 4.63. The van der Waals surface area contributed by atoms with Crippen LogP contribution in [0.25, 0.3) is 22.1 Å². The number of carbonyl (C=O) groups excluding carboxylic acids is 1. The van der Waals surface area contributed by atoms with Gasteiger partial charge in [-0.1, -0.05) is 55.5 Å². The summed E-state index contributed by atoms with van der Waals surface area (Å²) in [4.78, 5) is 25.5. The number of nitrogens with one attached hydrogen (secondary N) is 1. The van der Waals surface area contributed by atoms with Crippen LogP contribution in [-0.2, 0) is 11.2 Å². The van der Waals surface area contributed by atoms with Gasteiger partial charge >= 0.3 is 0 Å². The molecule has 0 bridgehead atoms. The van der Waals surface area contributed by atoms with Gasteiger partial charge in [0.2, 0.25) is 5.43 Å². The zero-order valence-corrected chi connectivity index (χ0v) is 18.4. The maximum absolute atomic E-state index is 13.1. The summed E-state index contributed by atoms with van der Waals surface area (Å²) >= 11 is 0. The van der Waals surface area contributed by atoms with E-state index in [2.05, 4.69) is 12.2 Å². The van der Waals surface area contributed by atoms with Crippen LogP contribution in [0.1, 0.15) is 23.8 Å². The largest absolute Gasteiger partial charge is 0.484 e. The smallest absolute Gasteiger partial charge is 0.262 e. The lowest BCUT2D eigenvalue weighted by Crippen LogP contribution is -2.21. The molecule has 0 atom stereocenters. The van der Waals surface area contributed by atoms with E-state index < -0.39 is 0 Å². The van der Waals surface area contributed by atoms with Gasteiger partial charge in [0.05, 0.1) is 10.9 Å². The van der Waals surface area contributed by atoms with Gasteiger partial charge in [-0.05, 0) is 49.1 Å². The van der Waals surface area contributed by atoms with E-state index in [0.717, 1.165) is 28.8 Å². The number of benzene rings is 3. The van der Waals surface area contributed by atoms with Gasteiger partial charge in [-0.2, -0.15) is 0 Å². The Morgan fingerprint density at radius 1 is 1.00 bits per heavy atom. The fourth-order valence-electron chi connectivity index (χ4n) is 3.84. The first-order valence-corrected chi connectivity index (χ1v) is 10.6. The molecular formula is C27H25NO4. The monoisotopic (exact) mass is 427 g/mol. The molecule has 5 heteroatoms. The first kappa shape index (κ1) is 21.4. The van der Waals surface area contributed by atoms with Crippen LogP contribution in [0.15, 0.2) is 75.9 Å². The minimum Gasteiger partial charge on any atom is -0.484 e. The zero-order chi connectivity index (χ0) is 22.7. The number of ether oxygens (including phenoxy) is 1. The Morgan fingerprint density at radius 2 is 1.78 bits per heavy atom. The van der Waals surface area contributed by atoms with Gasteiger partial charge in [-0.25, -0.2) is 0 Å². The number of anilines is 1. The first-order valence-electron chi connectivity index (χ1n) is 10.6. The molecule has 1 aromatic heterocycles. The molecule has 1 heterocycles. The molecule has 3 aromatic carbocycles. The van der Waals surface area contributed by atoms with E-state index in [1.807, 2.05) is 55.5 Å². The molecule has 4 aromatic rings. The number of aryl methyl sites for hydroxylation is 3. The van der Waals surface area contributed by atoms with Crippen molar-refractivity contribution < 1.29 is 13.9 Å². The van der Waals surface area contributed by atoms with Gasteiger partial charge in [0.25, 0.3) is 5.91 Å². The second-order valence-corrected chi connectivity index (χ2v) is 7.69. The molecule has 0 radical (unpaired) electrons. The fourth-order valence-corrected chi connectivity index (χ4v) is 3.84. The van der Waals surface area contributed by atoms with E-state index in [9.17, 15) is 9.59 Å². The average molecular weight is 428 g/mol. The minimum atomic E-state index is -0.244. The van der Waals surface area contributed by atoms with Crippen molar-refractivity contribution in [1.82, 2.24) is 0 Å². The van der Waals surface area contributed by atoms with Gasteiger partial charge < -0.3 is 14.5 Å². The summed E-state index contributed by atoms with van der Waals surface area (Å²) in [5.74, 6) is 0.754. The number of fused-ring (bicyclic) bond motifs is 1. The standard InChI is InChI=1S/C27H25NO4/c1-4-19-12-8-9-17(2)26(19)28-24(29)16-31-21-13-14-22-23(15-21)32-18(3)25(27(22)30)20-10-6-5-7-11-20/h5-15H,4,16H2,1-3H3,(H,28,29). The summed E-state index contributed by atoms with van der Waals surface area (Å²) in [5, 5.41) is 3.41. The van der Waals surface area contributed by atoms with Crippen molar-refractivity contribution in [3.8, 4) is 16.9 Å². The van der Waals surface area contributed by atoms with Crippen LogP contribution in [0.3, 0.4) is 0 Å². The Labute approximate surface area is 186 Å². The highest BCUT2D eigenvalue weighted by Crippen LogP contribution is 2.26. The molecule has 162 valence electrons. The van der Waals surface area contributed by atoms with Crippen molar-refractivity contribution >= 4 is 22.6 Å². The van der Waals surface area contributed by atoms with Gasteiger partial charge in [-0.3, -0.25) is 9.59 Å². The Hall–Kier alpha value is -3.86. The molecule has 0 fully saturated rings. The van der Waals surface area contributed by atoms with Gasteiger partial charge in [0.15, 0.2) is 6.61 Å². The molecule has 0 unspecified atom stereocenters. The highest BCUT2D eigenvalue weighted by atomic mass is 16.5. The van der Waals surface area contributed by atoms with E-state index in [-0.39, 0.29) is 17.9 Å². The number of amides is 1. The Bertz CT molecular complexity index is 1340. The maximum atomic E-state index is 13.1. The van der Waals surface area contributed by atoms with Gasteiger partial charge in [-0.15, -0.1) is 0 Å². The van der Waals surface area contributed by atoms with Crippen molar-refractivity contribution in [2.45, 2.75) is 27.2 Å². The molecule has 0 spiro atoms. The predicted molar refractivity (Wildman–Crippen MR) is 127 cm³/mol. The first-order chi connectivity index (χ1) is 15.5. The van der Waals surface area contributed by atoms with Crippen molar-refractivity contribution in [2.75, 3.05) is 11.9 Å². The second-order valence-electron chi connectivity index (χ2n) is 7.69. The Balaban J connectivity index is 1.54. The lowest BCUT2D eigenvalue weighted by Gasteiger charge is -2.13. The van der Waals surface area contributed by atoms with Crippen molar-refractivity contribution in [2.24, 2.45) is 0 Å². The molecule has 0 saturated heterocycles. The van der Waals surface area contributed by atoms with E-state index >= 15 is 0 Å². The summed E-state index contributed by atoms with van der Waals surface area (Å²) in [6.45, 7) is 5.65. The number of hydrogen-bond acceptors (Lipinski definition) is 4. The number of carbonyl (C=O) groups is 1. The van der Waals surface area contributed by atoms with Crippen molar-refractivity contribution in [3.05, 3.63) is 93.8 Å². The average Bonchev–Trinajstić information content (AvgIpc) is 2.79. The third-order valence-corrected chi connectivity index (χ3v) is 5.48. The van der Waals surface area contributed by atoms with Crippen LogP contribution in [0.5, 0.6) is 5.75 Å². The zero-order valence-electron chi connectivity index (χ0n) is 18.4. The van der Waals surface area contributed by atoms with E-state index in [1.54, 1.807) is 25.1 Å². The van der Waals surface area contributed by atoms with Crippen LogP contribution in [0.4, 0.5) is 5.69 Å². The number of hydrogen-bond donors (Lipinski definition) is 1. The summed E-state index contributed by atoms with van der Waals surface area (Å²) < 4.78 is 11.6. The molecule has 5 nitrogen and oxygen atoms in total. The van der Waals surface area contributed by atoms with E-state index in [4.69, 9.17) is 9.15 Å². The second kappa shape index (κ2) is 9.10. The topological polar surface area (TPSA) is 68.5 Å². The molecular weight excluding hydrogens is 402 g/mol. The van der Waals surface area contributed by atoms with Crippen LogP contribution < -0.4 is 15.5 Å². The minimum absolute atomic E-state index is 0.0918. The molecule has 1 amide bonds. The van der Waals surface area contributed by atoms with Crippen LogP contribution in [0.2, 0.25) is 0 Å². The Morgan fingerprint density at radius 3 is 2.53 bits per heavy atom. The lowest BCUT2D eigenvalue weighted by molar-refractivity contribution is -0.118. The third-order valence-electron chi connectivity index (χ3n) is 5.48. The molecule has 0 aliphatic carbocycles. The van der Waals surface area contributed by atoms with Crippen molar-refractivity contribution in [3.63, 3.8) is 0 Å². The maximum Gasteiger partial charge on any atom is 0.262 e. The predicted octanol–water partition coefficient (Wildman–Crippen LogP) is 5.66. The highest BCUT2D eigenvalue weighted by Gasteiger charge is 2.15. The molecule has 32 heavy (non-hydrogen) atoms. The van der Waals surface area contributed by atoms with Crippen LogP contribution >= 0.6 is 0 Å². The number of para-hydroxylation sites is 1. The quantitative estimate of drug-likeness (QED) is 0.431. The van der Waals surface area contributed by atoms with E-state index in [0.29, 0.717) is 28.0 Å². The summed E-state index contributed by atoms with van der Waals surface area (Å²) in [6, 6.07) is 20.4. The normalized spacial score (nSPS) is 10.8. The summed E-state index contributed by atoms with van der Waals surface area (Å²) in [7, 11) is 0.